The van der Waals surface area contributed by atoms with Crippen LogP contribution in [0.2, 0.25) is 0 Å². The zero-order valence-electron chi connectivity index (χ0n) is 23.5. The summed E-state index contributed by atoms with van der Waals surface area (Å²) in [6.45, 7) is 3.38. The molecule has 0 aliphatic carbocycles. The van der Waals surface area contributed by atoms with Gasteiger partial charge < -0.3 is 4.90 Å². The summed E-state index contributed by atoms with van der Waals surface area (Å²) in [5.74, 6) is 0. The molecule has 2 aromatic rings. The van der Waals surface area contributed by atoms with Crippen molar-refractivity contribution in [3.8, 4) is 0 Å². The summed E-state index contributed by atoms with van der Waals surface area (Å²) < 4.78 is 0. The van der Waals surface area contributed by atoms with Crippen LogP contribution in [-0.2, 0) is 0 Å². The number of hydrogen-bond acceptors (Lipinski definition) is 3. The lowest BCUT2D eigenvalue weighted by Gasteiger charge is -2.19. The third kappa shape index (κ3) is 14.0. The molecule has 2 aromatic carbocycles. The summed E-state index contributed by atoms with van der Waals surface area (Å²) in [7, 11) is 2.17. The van der Waals surface area contributed by atoms with E-state index >= 15 is 0 Å². The van der Waals surface area contributed by atoms with Crippen molar-refractivity contribution in [1.29, 1.82) is 0 Å². The van der Waals surface area contributed by atoms with Gasteiger partial charge in [0.25, 0.3) is 5.69 Å². The van der Waals surface area contributed by atoms with Crippen molar-refractivity contribution in [3.63, 3.8) is 0 Å². The standard InChI is InChI=1S/C33H50N2O2/c1-3-4-5-6-7-8-9-10-11-12-13-14-15-16-17-18-29-34(2)32-25-21-30(22-26-32)19-20-31-23-27-33(28-24-31)35(36)37/h19-28H,3-18,29H2,1-2H3/b20-19+. The normalized spacial score (nSPS) is 11.3. The molecule has 0 bridgehead atoms. The van der Waals surface area contributed by atoms with Gasteiger partial charge in [0, 0.05) is 31.4 Å². The van der Waals surface area contributed by atoms with E-state index in [-0.39, 0.29) is 10.6 Å². The first-order valence-electron chi connectivity index (χ1n) is 14.8. The quantitative estimate of drug-likeness (QED) is 0.0732. The third-order valence-electron chi connectivity index (χ3n) is 7.25. The van der Waals surface area contributed by atoms with Crippen LogP contribution in [0.15, 0.2) is 48.5 Å². The average Bonchev–Trinajstić information content (AvgIpc) is 2.92. The molecule has 0 saturated heterocycles. The van der Waals surface area contributed by atoms with E-state index in [0.717, 1.165) is 17.7 Å². The van der Waals surface area contributed by atoms with Crippen molar-refractivity contribution in [2.24, 2.45) is 0 Å². The second kappa shape index (κ2) is 19.5. The number of nitro benzene ring substituents is 1. The maximum atomic E-state index is 10.8. The number of non-ortho nitro benzene ring substituents is 1. The molecule has 2 rings (SSSR count). The van der Waals surface area contributed by atoms with Crippen molar-refractivity contribution >= 4 is 23.5 Å². The lowest BCUT2D eigenvalue weighted by molar-refractivity contribution is -0.384. The van der Waals surface area contributed by atoms with Gasteiger partial charge in [0.15, 0.2) is 0 Å². The molecule has 0 aliphatic heterocycles. The van der Waals surface area contributed by atoms with Crippen molar-refractivity contribution in [3.05, 3.63) is 69.8 Å². The first-order valence-corrected chi connectivity index (χ1v) is 14.8. The molecular formula is C33H50N2O2. The molecule has 4 nitrogen and oxygen atoms in total. The van der Waals surface area contributed by atoms with Gasteiger partial charge in [-0.05, 0) is 41.8 Å². The Kier molecular flexibility index (Phi) is 16.1. The predicted molar refractivity (Wildman–Crippen MR) is 161 cm³/mol. The maximum absolute atomic E-state index is 10.8. The molecule has 0 amide bonds. The Morgan fingerprint density at radius 2 is 1.00 bits per heavy atom. The van der Waals surface area contributed by atoms with Crippen LogP contribution >= 0.6 is 0 Å². The zero-order valence-corrected chi connectivity index (χ0v) is 23.5. The molecule has 37 heavy (non-hydrogen) atoms. The summed E-state index contributed by atoms with van der Waals surface area (Å²) in [5.41, 5.74) is 3.44. The minimum atomic E-state index is -0.372. The van der Waals surface area contributed by atoms with E-state index in [2.05, 4.69) is 43.1 Å². The molecular weight excluding hydrogens is 456 g/mol. The molecule has 0 aliphatic rings. The summed E-state index contributed by atoms with van der Waals surface area (Å²) >= 11 is 0. The summed E-state index contributed by atoms with van der Waals surface area (Å²) in [4.78, 5) is 12.7. The first-order chi connectivity index (χ1) is 18.1. The van der Waals surface area contributed by atoms with Gasteiger partial charge in [0.1, 0.15) is 0 Å². The molecule has 0 fully saturated rings. The lowest BCUT2D eigenvalue weighted by atomic mass is 10.0. The molecule has 0 aromatic heterocycles. The molecule has 0 atom stereocenters. The van der Waals surface area contributed by atoms with Crippen LogP contribution in [0.3, 0.4) is 0 Å². The van der Waals surface area contributed by atoms with Crippen LogP contribution in [-0.4, -0.2) is 18.5 Å². The van der Waals surface area contributed by atoms with Crippen LogP contribution < -0.4 is 4.90 Å². The molecule has 0 spiro atoms. The highest BCUT2D eigenvalue weighted by Gasteiger charge is 2.03. The van der Waals surface area contributed by atoms with Gasteiger partial charge in [-0.15, -0.1) is 0 Å². The fourth-order valence-electron chi connectivity index (χ4n) is 4.77. The number of rotatable bonds is 21. The van der Waals surface area contributed by atoms with E-state index in [1.807, 2.05) is 12.2 Å². The van der Waals surface area contributed by atoms with Crippen molar-refractivity contribution < 1.29 is 4.92 Å². The Balaban J connectivity index is 1.48. The van der Waals surface area contributed by atoms with E-state index in [1.165, 1.54) is 121 Å². The minimum Gasteiger partial charge on any atom is -0.375 e. The molecule has 0 radical (unpaired) electrons. The third-order valence-corrected chi connectivity index (χ3v) is 7.25. The number of benzene rings is 2. The second-order valence-electron chi connectivity index (χ2n) is 10.5. The number of nitro groups is 1. The molecule has 4 heteroatoms. The van der Waals surface area contributed by atoms with Crippen LogP contribution in [0, 0.1) is 10.1 Å². The minimum absolute atomic E-state index is 0.119. The van der Waals surface area contributed by atoms with E-state index in [4.69, 9.17) is 0 Å². The highest BCUT2D eigenvalue weighted by atomic mass is 16.6. The molecule has 0 saturated carbocycles. The summed E-state index contributed by atoms with van der Waals surface area (Å²) in [5, 5.41) is 10.8. The van der Waals surface area contributed by atoms with Crippen molar-refractivity contribution in [2.75, 3.05) is 18.5 Å². The van der Waals surface area contributed by atoms with Gasteiger partial charge in [0.2, 0.25) is 0 Å². The topological polar surface area (TPSA) is 46.4 Å². The molecule has 0 heterocycles. The van der Waals surface area contributed by atoms with E-state index in [1.54, 1.807) is 12.1 Å². The van der Waals surface area contributed by atoms with Gasteiger partial charge in [-0.25, -0.2) is 0 Å². The van der Waals surface area contributed by atoms with Gasteiger partial charge in [-0.2, -0.15) is 0 Å². The first kappa shape index (κ1) is 30.6. The SMILES string of the molecule is CCCCCCCCCCCCCCCCCCN(C)c1ccc(/C=C/c2ccc([N+](=O)[O-])cc2)cc1. The molecule has 0 N–H and O–H groups in total. The molecule has 0 unspecified atom stereocenters. The van der Waals surface area contributed by atoms with Gasteiger partial charge in [-0.1, -0.05) is 128 Å². The zero-order chi connectivity index (χ0) is 26.6. The summed E-state index contributed by atoms with van der Waals surface area (Å²) in [6, 6.07) is 15.2. The van der Waals surface area contributed by atoms with E-state index in [9.17, 15) is 10.1 Å². The number of nitrogens with zero attached hydrogens (tertiary/aromatic N) is 2. The number of anilines is 1. The fraction of sp³-hybridized carbons (Fsp3) is 0.576. The monoisotopic (exact) mass is 506 g/mol. The van der Waals surface area contributed by atoms with Crippen molar-refractivity contribution in [2.45, 2.75) is 110 Å². The van der Waals surface area contributed by atoms with Crippen molar-refractivity contribution in [1.82, 2.24) is 0 Å². The number of unbranched alkanes of at least 4 members (excludes halogenated alkanes) is 15. The highest BCUT2D eigenvalue weighted by Crippen LogP contribution is 2.19. The fourth-order valence-corrected chi connectivity index (χ4v) is 4.77. The Morgan fingerprint density at radius 1 is 0.622 bits per heavy atom. The largest absolute Gasteiger partial charge is 0.375 e. The van der Waals surface area contributed by atoms with E-state index < -0.39 is 0 Å². The predicted octanol–water partition coefficient (Wildman–Crippen LogP) is 10.5. The van der Waals surface area contributed by atoms with Crippen LogP contribution in [0.4, 0.5) is 11.4 Å². The van der Waals surface area contributed by atoms with Crippen LogP contribution in [0.1, 0.15) is 121 Å². The Morgan fingerprint density at radius 3 is 1.41 bits per heavy atom. The van der Waals surface area contributed by atoms with E-state index in [0.29, 0.717) is 0 Å². The average molecular weight is 507 g/mol. The highest BCUT2D eigenvalue weighted by molar-refractivity contribution is 5.70. The smallest absolute Gasteiger partial charge is 0.269 e. The summed E-state index contributed by atoms with van der Waals surface area (Å²) in [6.07, 6.45) is 26.5. The van der Waals surface area contributed by atoms with Gasteiger partial charge in [-0.3, -0.25) is 10.1 Å². The van der Waals surface area contributed by atoms with Crippen LogP contribution in [0.25, 0.3) is 12.2 Å². The van der Waals surface area contributed by atoms with Gasteiger partial charge >= 0.3 is 0 Å². The Hall–Kier alpha value is -2.62. The maximum Gasteiger partial charge on any atom is 0.269 e. The Labute approximate surface area is 226 Å². The Bertz CT molecular complexity index is 874. The van der Waals surface area contributed by atoms with Gasteiger partial charge in [0.05, 0.1) is 4.92 Å². The lowest BCUT2D eigenvalue weighted by Crippen LogP contribution is -2.18. The molecule has 204 valence electrons. The van der Waals surface area contributed by atoms with Crippen LogP contribution in [0.5, 0.6) is 0 Å². The second-order valence-corrected chi connectivity index (χ2v) is 10.5. The number of hydrogen-bond donors (Lipinski definition) is 0.